The summed E-state index contributed by atoms with van der Waals surface area (Å²) in [6, 6.07) is 9.44. The Morgan fingerprint density at radius 3 is 2.71 bits per heavy atom. The Bertz CT molecular complexity index is 946. The largest absolute Gasteiger partial charge is 0.323 e. The number of piperidine rings is 1. The quantitative estimate of drug-likeness (QED) is 0.716. The summed E-state index contributed by atoms with van der Waals surface area (Å²) in [6.07, 6.45) is 3.87. The fourth-order valence-corrected chi connectivity index (χ4v) is 2.89. The van der Waals surface area contributed by atoms with Crippen molar-refractivity contribution in [1.29, 1.82) is 0 Å². The molecule has 1 fully saturated rings. The predicted octanol–water partition coefficient (Wildman–Crippen LogP) is 0.947. The maximum absolute atomic E-state index is 12.6. The minimum Gasteiger partial charge on any atom is -0.323 e. The highest BCUT2D eigenvalue weighted by Gasteiger charge is 2.20. The van der Waals surface area contributed by atoms with Gasteiger partial charge < -0.3 is 4.90 Å². The molecule has 0 spiro atoms. The number of nitrogens with zero attached hydrogens (tertiary/aromatic N) is 6. The summed E-state index contributed by atoms with van der Waals surface area (Å²) in [5.74, 6) is 0.0510. The third-order valence-corrected chi connectivity index (χ3v) is 4.18. The van der Waals surface area contributed by atoms with Gasteiger partial charge in [0, 0.05) is 13.0 Å². The molecule has 1 aliphatic rings. The molecule has 0 unspecified atom stereocenters. The number of aromatic nitrogens is 5. The van der Waals surface area contributed by atoms with E-state index in [2.05, 4.69) is 15.4 Å². The molecule has 1 amide bonds. The number of likely N-dealkylation sites (tertiary alicyclic amines) is 1. The van der Waals surface area contributed by atoms with Gasteiger partial charge in [0.05, 0.1) is 11.9 Å². The van der Waals surface area contributed by atoms with E-state index in [0.717, 1.165) is 18.5 Å². The standard InChI is InChI=1S/C16H16N6O2/c23-14-8-4-5-9-20(14)11-21-16(24)13-10-17-22(15(13)18-19-21)12-6-2-1-3-7-12/h1-3,6-7,10H,4-5,8-9,11H2. The zero-order valence-corrected chi connectivity index (χ0v) is 13.0. The van der Waals surface area contributed by atoms with E-state index < -0.39 is 0 Å². The van der Waals surface area contributed by atoms with Gasteiger partial charge >= 0.3 is 0 Å². The van der Waals surface area contributed by atoms with E-state index in [1.54, 1.807) is 9.58 Å². The second-order valence-electron chi connectivity index (χ2n) is 5.78. The number of carbonyl (C=O) groups is 1. The molecule has 122 valence electrons. The van der Waals surface area contributed by atoms with Crippen molar-refractivity contribution in [1.82, 2.24) is 29.7 Å². The van der Waals surface area contributed by atoms with Crippen molar-refractivity contribution in [2.45, 2.75) is 25.9 Å². The minimum atomic E-state index is -0.291. The van der Waals surface area contributed by atoms with Crippen molar-refractivity contribution in [2.75, 3.05) is 6.54 Å². The number of amides is 1. The van der Waals surface area contributed by atoms with Crippen molar-refractivity contribution in [3.63, 3.8) is 0 Å². The zero-order chi connectivity index (χ0) is 16.5. The van der Waals surface area contributed by atoms with Crippen molar-refractivity contribution in [3.8, 4) is 5.69 Å². The monoisotopic (exact) mass is 324 g/mol. The number of para-hydroxylation sites is 1. The number of hydrogen-bond donors (Lipinski definition) is 0. The smallest absolute Gasteiger partial charge is 0.282 e. The zero-order valence-electron chi connectivity index (χ0n) is 13.0. The predicted molar refractivity (Wildman–Crippen MR) is 86.5 cm³/mol. The summed E-state index contributed by atoms with van der Waals surface area (Å²) in [6.45, 7) is 0.783. The summed E-state index contributed by atoms with van der Waals surface area (Å²) in [4.78, 5) is 26.2. The van der Waals surface area contributed by atoms with E-state index in [4.69, 9.17) is 0 Å². The molecule has 24 heavy (non-hydrogen) atoms. The maximum atomic E-state index is 12.6. The lowest BCUT2D eigenvalue weighted by atomic mass is 10.1. The Kier molecular flexibility index (Phi) is 3.56. The van der Waals surface area contributed by atoms with Gasteiger partial charge in [0.1, 0.15) is 12.1 Å². The van der Waals surface area contributed by atoms with Crippen LogP contribution in [0.5, 0.6) is 0 Å². The molecule has 3 heterocycles. The lowest BCUT2D eigenvalue weighted by Crippen LogP contribution is -2.40. The van der Waals surface area contributed by atoms with Crippen LogP contribution in [0.4, 0.5) is 0 Å². The van der Waals surface area contributed by atoms with Crippen LogP contribution in [0.15, 0.2) is 41.3 Å². The molecular formula is C16H16N6O2. The van der Waals surface area contributed by atoms with Gasteiger partial charge in [-0.05, 0) is 25.0 Å². The second kappa shape index (κ2) is 5.88. The van der Waals surface area contributed by atoms with Gasteiger partial charge in [-0.1, -0.05) is 23.4 Å². The van der Waals surface area contributed by atoms with Crippen molar-refractivity contribution in [3.05, 3.63) is 46.9 Å². The van der Waals surface area contributed by atoms with Crippen LogP contribution < -0.4 is 5.56 Å². The number of benzene rings is 1. The molecule has 0 radical (unpaired) electrons. The first kappa shape index (κ1) is 14.6. The van der Waals surface area contributed by atoms with Gasteiger partial charge in [-0.15, -0.1) is 5.10 Å². The number of fused-ring (bicyclic) bond motifs is 1. The van der Waals surface area contributed by atoms with Crippen LogP contribution in [0, 0.1) is 0 Å². The van der Waals surface area contributed by atoms with Gasteiger partial charge in [-0.3, -0.25) is 9.59 Å². The van der Waals surface area contributed by atoms with E-state index in [1.165, 1.54) is 10.9 Å². The summed E-state index contributed by atoms with van der Waals surface area (Å²) >= 11 is 0. The molecule has 0 bridgehead atoms. The lowest BCUT2D eigenvalue weighted by molar-refractivity contribution is -0.135. The molecule has 0 aliphatic carbocycles. The first-order valence-electron chi connectivity index (χ1n) is 7.89. The molecule has 8 heteroatoms. The molecule has 0 saturated carbocycles. The van der Waals surface area contributed by atoms with Crippen LogP contribution >= 0.6 is 0 Å². The van der Waals surface area contributed by atoms with E-state index in [0.29, 0.717) is 24.0 Å². The van der Waals surface area contributed by atoms with Gasteiger partial charge in [-0.2, -0.15) is 9.78 Å². The second-order valence-corrected chi connectivity index (χ2v) is 5.78. The Labute approximate surface area is 137 Å². The molecule has 1 aromatic carbocycles. The lowest BCUT2D eigenvalue weighted by Gasteiger charge is -2.26. The highest BCUT2D eigenvalue weighted by Crippen LogP contribution is 2.13. The highest BCUT2D eigenvalue weighted by molar-refractivity contribution is 5.76. The first-order chi connectivity index (χ1) is 11.7. The summed E-state index contributed by atoms with van der Waals surface area (Å²) in [7, 11) is 0. The average Bonchev–Trinajstić information content (AvgIpc) is 3.05. The molecule has 1 saturated heterocycles. The van der Waals surface area contributed by atoms with Crippen LogP contribution in [0.25, 0.3) is 16.7 Å². The molecule has 1 aliphatic heterocycles. The van der Waals surface area contributed by atoms with Gasteiger partial charge in [-0.25, -0.2) is 4.68 Å². The van der Waals surface area contributed by atoms with E-state index >= 15 is 0 Å². The maximum Gasteiger partial charge on any atom is 0.282 e. The fourth-order valence-electron chi connectivity index (χ4n) is 2.89. The fraction of sp³-hybridized carbons (Fsp3) is 0.312. The molecule has 0 N–H and O–H groups in total. The molecule has 4 rings (SSSR count). The van der Waals surface area contributed by atoms with Crippen LogP contribution in [-0.4, -0.2) is 42.1 Å². The Morgan fingerprint density at radius 2 is 1.92 bits per heavy atom. The van der Waals surface area contributed by atoms with Crippen LogP contribution in [0.1, 0.15) is 19.3 Å². The third-order valence-electron chi connectivity index (χ3n) is 4.18. The Morgan fingerprint density at radius 1 is 1.08 bits per heavy atom. The average molecular weight is 324 g/mol. The normalized spacial score (nSPS) is 15.2. The van der Waals surface area contributed by atoms with Crippen LogP contribution in [-0.2, 0) is 11.5 Å². The van der Waals surface area contributed by atoms with Gasteiger partial charge in [0.2, 0.25) is 5.91 Å². The molecule has 0 atom stereocenters. The van der Waals surface area contributed by atoms with Gasteiger partial charge in [0.15, 0.2) is 5.65 Å². The number of carbonyl (C=O) groups excluding carboxylic acids is 1. The van der Waals surface area contributed by atoms with Crippen molar-refractivity contribution >= 4 is 16.9 Å². The summed E-state index contributed by atoms with van der Waals surface area (Å²) in [5, 5.41) is 12.8. The molecule has 3 aromatic rings. The molecule has 2 aromatic heterocycles. The van der Waals surface area contributed by atoms with E-state index in [1.807, 2.05) is 30.3 Å². The number of hydrogen-bond acceptors (Lipinski definition) is 5. The minimum absolute atomic E-state index is 0.0510. The van der Waals surface area contributed by atoms with Gasteiger partial charge in [0.25, 0.3) is 5.56 Å². The SMILES string of the molecule is O=C1CCCCN1Cn1nnc2c(cnn2-c2ccccc2)c1=O. The van der Waals surface area contributed by atoms with Crippen LogP contribution in [0.2, 0.25) is 0 Å². The van der Waals surface area contributed by atoms with E-state index in [9.17, 15) is 9.59 Å². The highest BCUT2D eigenvalue weighted by atomic mass is 16.2. The Balaban J connectivity index is 1.72. The Hall–Kier alpha value is -3.03. The van der Waals surface area contributed by atoms with Crippen molar-refractivity contribution in [2.24, 2.45) is 0 Å². The molecule has 8 nitrogen and oxygen atoms in total. The van der Waals surface area contributed by atoms with Crippen LogP contribution in [0.3, 0.4) is 0 Å². The third kappa shape index (κ3) is 2.45. The molecular weight excluding hydrogens is 308 g/mol. The van der Waals surface area contributed by atoms with E-state index in [-0.39, 0.29) is 18.1 Å². The first-order valence-corrected chi connectivity index (χ1v) is 7.89. The summed E-state index contributed by atoms with van der Waals surface area (Å²) < 4.78 is 2.81. The number of rotatable bonds is 3. The topological polar surface area (TPSA) is 85.9 Å². The summed E-state index contributed by atoms with van der Waals surface area (Å²) in [5.41, 5.74) is 0.929. The van der Waals surface area contributed by atoms with Crippen molar-refractivity contribution < 1.29 is 4.79 Å².